The van der Waals surface area contributed by atoms with E-state index in [-0.39, 0.29) is 19.4 Å². The summed E-state index contributed by atoms with van der Waals surface area (Å²) >= 11 is 0. The smallest absolute Gasteiger partial charge is 0.472 e. The zero-order valence-electron chi connectivity index (χ0n) is 31.4. The molecule has 0 bridgehead atoms. The number of carboxylic acids is 1. The maximum absolute atomic E-state index is 12.5. The summed E-state index contributed by atoms with van der Waals surface area (Å²) in [6, 6.07) is -1.53. The van der Waals surface area contributed by atoms with Crippen LogP contribution in [0.25, 0.3) is 0 Å². The summed E-state index contributed by atoms with van der Waals surface area (Å²) in [5, 5.41) is 8.86. The molecule has 0 aliphatic heterocycles. The molecule has 0 rings (SSSR count). The van der Waals surface area contributed by atoms with Crippen molar-refractivity contribution < 1.29 is 47.5 Å². The van der Waals surface area contributed by atoms with Crippen LogP contribution in [0, 0.1) is 0 Å². The number of ether oxygens (including phenoxy) is 2. The van der Waals surface area contributed by atoms with Crippen molar-refractivity contribution >= 4 is 25.7 Å². The van der Waals surface area contributed by atoms with E-state index in [2.05, 4.69) is 67.0 Å². The van der Waals surface area contributed by atoms with E-state index < -0.39 is 51.1 Å². The van der Waals surface area contributed by atoms with Gasteiger partial charge in [0.05, 0.1) is 13.2 Å². The summed E-state index contributed by atoms with van der Waals surface area (Å²) in [6.07, 6.45) is 36.1. The third-order valence-electron chi connectivity index (χ3n) is 7.81. The average Bonchev–Trinajstić information content (AvgIpc) is 3.10. The second-order valence-electron chi connectivity index (χ2n) is 12.7. The number of hydrogen-bond donors (Lipinski definition) is 3. The minimum Gasteiger partial charge on any atom is -0.480 e. The number of carboxylic acid groups (broad SMARTS) is 1. The van der Waals surface area contributed by atoms with Gasteiger partial charge in [-0.25, -0.2) is 4.57 Å². The lowest BCUT2D eigenvalue weighted by atomic mass is 10.1. The van der Waals surface area contributed by atoms with Gasteiger partial charge in [-0.3, -0.25) is 23.4 Å². The molecule has 4 N–H and O–H groups in total. The van der Waals surface area contributed by atoms with Gasteiger partial charge in [-0.2, -0.15) is 0 Å². The number of aliphatic carboxylic acids is 1. The molecule has 0 aromatic heterocycles. The summed E-state index contributed by atoms with van der Waals surface area (Å²) in [5.74, 6) is -2.43. The third kappa shape index (κ3) is 34.3. The Morgan fingerprint density at radius 3 is 1.69 bits per heavy atom. The maximum Gasteiger partial charge on any atom is 0.472 e. The van der Waals surface area contributed by atoms with Gasteiger partial charge in [0.1, 0.15) is 12.6 Å². The van der Waals surface area contributed by atoms with Crippen molar-refractivity contribution in [2.45, 2.75) is 161 Å². The molecule has 51 heavy (non-hydrogen) atoms. The van der Waals surface area contributed by atoms with E-state index in [4.69, 9.17) is 24.8 Å². The molecule has 0 aromatic carbocycles. The van der Waals surface area contributed by atoms with Crippen molar-refractivity contribution in [3.05, 3.63) is 48.6 Å². The number of hydrogen-bond acceptors (Lipinski definition) is 9. The normalized spacial score (nSPS) is 14.4. The Hall–Kier alpha value is -2.56. The molecule has 0 fully saturated rings. The molecular formula is C39H68NO10P. The maximum atomic E-state index is 12.5. The van der Waals surface area contributed by atoms with Crippen LogP contribution in [0.3, 0.4) is 0 Å². The molecule has 3 atom stereocenters. The summed E-state index contributed by atoms with van der Waals surface area (Å²) in [7, 11) is -4.72. The van der Waals surface area contributed by atoms with Crippen LogP contribution < -0.4 is 5.73 Å². The van der Waals surface area contributed by atoms with Crippen molar-refractivity contribution in [2.24, 2.45) is 5.73 Å². The van der Waals surface area contributed by atoms with Crippen molar-refractivity contribution in [2.75, 3.05) is 19.8 Å². The van der Waals surface area contributed by atoms with Crippen LogP contribution in [0.1, 0.15) is 149 Å². The first-order valence-electron chi connectivity index (χ1n) is 19.2. The van der Waals surface area contributed by atoms with E-state index in [1.54, 1.807) is 0 Å². The lowest BCUT2D eigenvalue weighted by Crippen LogP contribution is -2.34. The van der Waals surface area contributed by atoms with Crippen LogP contribution in [0.15, 0.2) is 48.6 Å². The molecule has 0 amide bonds. The number of phosphoric acid groups is 1. The van der Waals surface area contributed by atoms with Gasteiger partial charge in [0.25, 0.3) is 0 Å². The molecule has 0 aliphatic rings. The summed E-state index contributed by atoms with van der Waals surface area (Å²) in [5.41, 5.74) is 5.31. The minimum atomic E-state index is -4.72. The number of allylic oxidation sites excluding steroid dienone is 8. The molecule has 11 nitrogen and oxygen atoms in total. The van der Waals surface area contributed by atoms with Gasteiger partial charge in [-0.05, 0) is 70.6 Å². The Bertz CT molecular complexity index is 1060. The van der Waals surface area contributed by atoms with E-state index in [0.29, 0.717) is 12.8 Å². The van der Waals surface area contributed by atoms with Crippen LogP contribution in [0.2, 0.25) is 0 Å². The summed E-state index contributed by atoms with van der Waals surface area (Å²) in [4.78, 5) is 45.7. The minimum absolute atomic E-state index is 0.123. The van der Waals surface area contributed by atoms with E-state index in [9.17, 15) is 23.8 Å². The van der Waals surface area contributed by atoms with Crippen molar-refractivity contribution in [1.29, 1.82) is 0 Å². The molecule has 0 aliphatic carbocycles. The first-order valence-corrected chi connectivity index (χ1v) is 20.7. The quantitative estimate of drug-likeness (QED) is 0.0244. The third-order valence-corrected chi connectivity index (χ3v) is 8.76. The molecule has 12 heteroatoms. The highest BCUT2D eigenvalue weighted by Crippen LogP contribution is 2.43. The Balaban J connectivity index is 4.50. The fourth-order valence-corrected chi connectivity index (χ4v) is 5.56. The van der Waals surface area contributed by atoms with Crippen LogP contribution in [0.5, 0.6) is 0 Å². The van der Waals surface area contributed by atoms with Gasteiger partial charge in [-0.1, -0.05) is 114 Å². The van der Waals surface area contributed by atoms with Gasteiger partial charge >= 0.3 is 25.7 Å². The van der Waals surface area contributed by atoms with Crippen LogP contribution in [-0.2, 0) is 37.5 Å². The number of nitrogens with two attached hydrogens (primary N) is 1. The largest absolute Gasteiger partial charge is 0.480 e. The van der Waals surface area contributed by atoms with Gasteiger partial charge < -0.3 is 25.2 Å². The number of rotatable bonds is 35. The van der Waals surface area contributed by atoms with Gasteiger partial charge in [0.15, 0.2) is 6.10 Å². The first kappa shape index (κ1) is 48.4. The van der Waals surface area contributed by atoms with Crippen LogP contribution in [-0.4, -0.2) is 59.9 Å². The van der Waals surface area contributed by atoms with E-state index in [1.165, 1.54) is 32.1 Å². The topological polar surface area (TPSA) is 172 Å². The second-order valence-corrected chi connectivity index (χ2v) is 14.1. The molecule has 0 spiro atoms. The van der Waals surface area contributed by atoms with Crippen molar-refractivity contribution in [3.8, 4) is 0 Å². The monoisotopic (exact) mass is 741 g/mol. The molecule has 294 valence electrons. The molecule has 0 radical (unpaired) electrons. The number of esters is 2. The van der Waals surface area contributed by atoms with Gasteiger partial charge in [0, 0.05) is 12.8 Å². The van der Waals surface area contributed by atoms with Crippen molar-refractivity contribution in [1.82, 2.24) is 0 Å². The SMILES string of the molecule is CC/C=C\C/C=C\C/C=C\CCCCCC(=O)OC(COC(=O)CCCCCCC/C=C\CCCCCCC)COP(=O)(O)OCC(N)C(=O)O. The highest BCUT2D eigenvalue weighted by molar-refractivity contribution is 7.47. The molecule has 0 saturated heterocycles. The molecule has 0 aromatic rings. The summed E-state index contributed by atoms with van der Waals surface area (Å²) < 4.78 is 32.5. The molecule has 0 saturated carbocycles. The Labute approximate surface area is 307 Å². The number of carbonyl (C=O) groups excluding carboxylic acids is 2. The Kier molecular flexibility index (Phi) is 32.8. The first-order chi connectivity index (χ1) is 24.6. The molecule has 3 unspecified atom stereocenters. The van der Waals surface area contributed by atoms with Crippen LogP contribution in [0.4, 0.5) is 0 Å². The zero-order chi connectivity index (χ0) is 37.8. The Morgan fingerprint density at radius 2 is 1.10 bits per heavy atom. The average molecular weight is 742 g/mol. The van der Waals surface area contributed by atoms with Gasteiger partial charge in [0.2, 0.25) is 0 Å². The second kappa shape index (κ2) is 34.5. The Morgan fingerprint density at radius 1 is 0.627 bits per heavy atom. The number of carbonyl (C=O) groups is 3. The highest BCUT2D eigenvalue weighted by Gasteiger charge is 2.28. The van der Waals surface area contributed by atoms with Gasteiger partial charge in [-0.15, -0.1) is 0 Å². The predicted octanol–water partition coefficient (Wildman–Crippen LogP) is 9.44. The van der Waals surface area contributed by atoms with E-state index in [0.717, 1.165) is 77.0 Å². The highest BCUT2D eigenvalue weighted by atomic mass is 31.2. The van der Waals surface area contributed by atoms with Crippen molar-refractivity contribution in [3.63, 3.8) is 0 Å². The fourth-order valence-electron chi connectivity index (χ4n) is 4.78. The van der Waals surface area contributed by atoms with E-state index in [1.807, 2.05) is 0 Å². The van der Waals surface area contributed by atoms with E-state index >= 15 is 0 Å². The zero-order valence-corrected chi connectivity index (χ0v) is 32.3. The standard InChI is InChI=1S/C39H68NO10P/c1-3-5-7-9-11-13-15-17-19-20-22-24-26-28-30-37(41)47-32-35(33-48-51(45,46)49-34-36(40)39(43)44)50-38(42)31-29-27-25-23-21-18-16-14-12-10-8-6-4-2/h6,8,12,14-15,17-18,21,35-36H,3-5,7,9-11,13,16,19-20,22-34,40H2,1-2H3,(H,43,44)(H,45,46)/b8-6-,14-12-,17-15-,21-18-. The lowest BCUT2D eigenvalue weighted by molar-refractivity contribution is -0.161. The predicted molar refractivity (Wildman–Crippen MR) is 203 cm³/mol. The number of unbranched alkanes of at least 4 members (excludes halogenated alkanes) is 13. The lowest BCUT2D eigenvalue weighted by Gasteiger charge is -2.20. The fraction of sp³-hybridized carbons (Fsp3) is 0.718. The summed E-state index contributed by atoms with van der Waals surface area (Å²) in [6.45, 7) is 2.61. The molecule has 0 heterocycles. The van der Waals surface area contributed by atoms with Crippen LogP contribution >= 0.6 is 7.82 Å². The molecular weight excluding hydrogens is 673 g/mol. The number of phosphoric ester groups is 1.